The lowest BCUT2D eigenvalue weighted by molar-refractivity contribution is -0.111. The molecule has 0 saturated carbocycles. The van der Waals surface area contributed by atoms with E-state index in [1.165, 1.54) is 23.2 Å². The van der Waals surface area contributed by atoms with Crippen molar-refractivity contribution in [1.82, 2.24) is 0 Å². The molecular weight excluding hydrogens is 282 g/mol. The van der Waals surface area contributed by atoms with Crippen LogP contribution in [0.4, 0.5) is 5.69 Å². The summed E-state index contributed by atoms with van der Waals surface area (Å²) < 4.78 is 0. The van der Waals surface area contributed by atoms with Gasteiger partial charge in [0.05, 0.1) is 11.9 Å². The second-order valence-corrected chi connectivity index (χ2v) is 4.82. The Morgan fingerprint density at radius 1 is 1.09 bits per heavy atom. The molecule has 1 heterocycles. The van der Waals surface area contributed by atoms with E-state index in [0.29, 0.717) is 5.56 Å². The van der Waals surface area contributed by atoms with Gasteiger partial charge in [0, 0.05) is 12.6 Å². The van der Waals surface area contributed by atoms with E-state index in [9.17, 15) is 15.0 Å². The highest BCUT2D eigenvalue weighted by molar-refractivity contribution is 6.54. The monoisotopic (exact) mass is 295 g/mol. The second-order valence-electron chi connectivity index (χ2n) is 4.82. The van der Waals surface area contributed by atoms with Crippen molar-refractivity contribution in [2.24, 2.45) is 10.2 Å². The smallest absolute Gasteiger partial charge is 0.279 e. The summed E-state index contributed by atoms with van der Waals surface area (Å²) in [5.41, 5.74) is 2.37. The van der Waals surface area contributed by atoms with Gasteiger partial charge in [0.25, 0.3) is 5.91 Å². The molecule has 2 aromatic rings. The van der Waals surface area contributed by atoms with Crippen molar-refractivity contribution in [2.75, 3.05) is 11.9 Å². The first-order valence-corrected chi connectivity index (χ1v) is 6.58. The molecule has 0 aromatic heterocycles. The Labute approximate surface area is 126 Å². The molecule has 6 nitrogen and oxygen atoms in total. The van der Waals surface area contributed by atoms with Crippen molar-refractivity contribution < 1.29 is 15.0 Å². The van der Waals surface area contributed by atoms with Gasteiger partial charge in [-0.25, -0.2) is 0 Å². The number of benzene rings is 2. The molecule has 0 saturated heterocycles. The van der Waals surface area contributed by atoms with E-state index in [-0.39, 0.29) is 23.1 Å². The first kappa shape index (κ1) is 13.8. The van der Waals surface area contributed by atoms with Gasteiger partial charge in [-0.05, 0) is 29.8 Å². The minimum Gasteiger partial charge on any atom is -0.504 e. The highest BCUT2D eigenvalue weighted by Crippen LogP contribution is 2.27. The summed E-state index contributed by atoms with van der Waals surface area (Å²) in [5.74, 6) is -0.657. The summed E-state index contributed by atoms with van der Waals surface area (Å²) in [6, 6.07) is 11.6. The molecule has 22 heavy (non-hydrogen) atoms. The van der Waals surface area contributed by atoms with Crippen molar-refractivity contribution in [3.63, 3.8) is 0 Å². The number of amides is 1. The zero-order valence-corrected chi connectivity index (χ0v) is 11.8. The predicted octanol–water partition coefficient (Wildman–Crippen LogP) is 1.90. The standard InChI is InChI=1S/C16H13N3O3/c1-19-12-5-3-2-4-11(12)15(16(19)22)18-17-9-10-6-7-13(20)14(21)8-10/h2-9,20-21H,1H3/b17-9-,18-15-. The summed E-state index contributed by atoms with van der Waals surface area (Å²) in [6.07, 6.45) is 1.40. The third-order valence-corrected chi connectivity index (χ3v) is 3.39. The molecule has 0 unspecified atom stereocenters. The van der Waals surface area contributed by atoms with Gasteiger partial charge >= 0.3 is 0 Å². The fourth-order valence-corrected chi connectivity index (χ4v) is 2.22. The van der Waals surface area contributed by atoms with Crippen LogP contribution in [0, 0.1) is 0 Å². The highest BCUT2D eigenvalue weighted by atomic mass is 16.3. The number of carbonyl (C=O) groups is 1. The van der Waals surface area contributed by atoms with Gasteiger partial charge < -0.3 is 15.1 Å². The van der Waals surface area contributed by atoms with Gasteiger partial charge in [0.15, 0.2) is 17.2 Å². The Bertz CT molecular complexity index is 812. The number of aromatic hydroxyl groups is 2. The maximum absolute atomic E-state index is 12.2. The fourth-order valence-electron chi connectivity index (χ4n) is 2.22. The van der Waals surface area contributed by atoms with E-state index in [0.717, 1.165) is 11.3 Å². The van der Waals surface area contributed by atoms with Crippen molar-refractivity contribution >= 4 is 23.5 Å². The predicted molar refractivity (Wildman–Crippen MR) is 83.8 cm³/mol. The Hall–Kier alpha value is -3.15. The first-order chi connectivity index (χ1) is 10.6. The summed E-state index contributed by atoms with van der Waals surface area (Å²) in [7, 11) is 1.69. The largest absolute Gasteiger partial charge is 0.504 e. The molecular formula is C16H13N3O3. The number of phenolic OH excluding ortho intramolecular Hbond substituents is 2. The Morgan fingerprint density at radius 3 is 2.64 bits per heavy atom. The van der Waals surface area contributed by atoms with Crippen molar-refractivity contribution in [3.8, 4) is 11.5 Å². The van der Waals surface area contributed by atoms with E-state index in [1.54, 1.807) is 13.1 Å². The molecule has 2 N–H and O–H groups in total. The summed E-state index contributed by atoms with van der Waals surface area (Å²) >= 11 is 0. The van der Waals surface area contributed by atoms with Crippen LogP contribution in [-0.4, -0.2) is 35.1 Å². The van der Waals surface area contributed by atoms with Crippen LogP contribution in [0.2, 0.25) is 0 Å². The molecule has 2 aromatic carbocycles. The lowest BCUT2D eigenvalue weighted by Gasteiger charge is -2.07. The van der Waals surface area contributed by atoms with E-state index < -0.39 is 0 Å². The summed E-state index contributed by atoms with van der Waals surface area (Å²) in [4.78, 5) is 13.7. The van der Waals surface area contributed by atoms with E-state index in [1.807, 2.05) is 24.3 Å². The summed E-state index contributed by atoms with van der Waals surface area (Å²) in [6.45, 7) is 0. The summed E-state index contributed by atoms with van der Waals surface area (Å²) in [5, 5.41) is 26.5. The fraction of sp³-hybridized carbons (Fsp3) is 0.0625. The van der Waals surface area contributed by atoms with Crippen LogP contribution < -0.4 is 4.90 Å². The van der Waals surface area contributed by atoms with Crippen molar-refractivity contribution in [2.45, 2.75) is 0 Å². The topological polar surface area (TPSA) is 85.5 Å². The molecule has 110 valence electrons. The van der Waals surface area contributed by atoms with Crippen LogP contribution in [0.25, 0.3) is 0 Å². The van der Waals surface area contributed by atoms with Gasteiger partial charge in [-0.1, -0.05) is 18.2 Å². The molecule has 1 aliphatic heterocycles. The third kappa shape index (κ3) is 2.31. The average molecular weight is 295 g/mol. The van der Waals surface area contributed by atoms with E-state index >= 15 is 0 Å². The van der Waals surface area contributed by atoms with Crippen LogP contribution in [0.1, 0.15) is 11.1 Å². The number of nitrogens with zero attached hydrogens (tertiary/aromatic N) is 3. The molecule has 3 rings (SSSR count). The zero-order valence-electron chi connectivity index (χ0n) is 11.8. The number of hydrogen-bond acceptors (Lipinski definition) is 5. The number of para-hydroxylation sites is 1. The average Bonchev–Trinajstić information content (AvgIpc) is 2.76. The number of carbonyl (C=O) groups excluding carboxylic acids is 1. The van der Waals surface area contributed by atoms with Gasteiger partial charge in [0.2, 0.25) is 0 Å². The molecule has 0 bridgehead atoms. The number of fused-ring (bicyclic) bond motifs is 1. The van der Waals surface area contributed by atoms with E-state index in [2.05, 4.69) is 10.2 Å². The first-order valence-electron chi connectivity index (χ1n) is 6.58. The molecule has 0 atom stereocenters. The molecule has 0 radical (unpaired) electrons. The van der Waals surface area contributed by atoms with Gasteiger partial charge in [-0.3, -0.25) is 4.79 Å². The van der Waals surface area contributed by atoms with Gasteiger partial charge in [0.1, 0.15) is 0 Å². The maximum Gasteiger partial charge on any atom is 0.279 e. The Balaban J connectivity index is 1.91. The van der Waals surface area contributed by atoms with Crippen LogP contribution in [0.5, 0.6) is 11.5 Å². The molecule has 6 heteroatoms. The van der Waals surface area contributed by atoms with Crippen LogP contribution in [0.3, 0.4) is 0 Å². The second kappa shape index (κ2) is 5.33. The minimum atomic E-state index is -0.237. The van der Waals surface area contributed by atoms with E-state index in [4.69, 9.17) is 0 Å². The van der Waals surface area contributed by atoms with Crippen molar-refractivity contribution in [1.29, 1.82) is 0 Å². The lowest BCUT2D eigenvalue weighted by Crippen LogP contribution is -2.25. The van der Waals surface area contributed by atoms with Crippen LogP contribution >= 0.6 is 0 Å². The van der Waals surface area contributed by atoms with Crippen LogP contribution in [0.15, 0.2) is 52.7 Å². The molecule has 1 amide bonds. The molecule has 1 aliphatic rings. The molecule has 0 spiro atoms. The number of rotatable bonds is 2. The Kier molecular flexibility index (Phi) is 3.34. The molecule has 0 aliphatic carbocycles. The number of likely N-dealkylation sites (N-methyl/N-ethyl adjacent to an activating group) is 1. The maximum atomic E-state index is 12.2. The van der Waals surface area contributed by atoms with Gasteiger partial charge in [-0.15, -0.1) is 5.10 Å². The number of hydrogen-bond donors (Lipinski definition) is 2. The van der Waals surface area contributed by atoms with Crippen molar-refractivity contribution in [3.05, 3.63) is 53.6 Å². The Morgan fingerprint density at radius 2 is 1.86 bits per heavy atom. The van der Waals surface area contributed by atoms with Crippen LogP contribution in [-0.2, 0) is 4.79 Å². The SMILES string of the molecule is CN1C(=O)/C(=N\N=C/c2ccc(O)c(O)c2)c2ccccc21. The highest BCUT2D eigenvalue weighted by Gasteiger charge is 2.30. The number of anilines is 1. The molecule has 0 fully saturated rings. The number of phenols is 2. The zero-order chi connectivity index (χ0) is 15.7. The third-order valence-electron chi connectivity index (χ3n) is 3.39. The van der Waals surface area contributed by atoms with Gasteiger partial charge in [-0.2, -0.15) is 5.10 Å². The minimum absolute atomic E-state index is 0.204. The normalized spacial score (nSPS) is 15.8. The lowest BCUT2D eigenvalue weighted by atomic mass is 10.1. The quantitative estimate of drug-likeness (QED) is 0.504.